The van der Waals surface area contributed by atoms with Gasteiger partial charge in [-0.3, -0.25) is 0 Å². The first-order valence-electron chi connectivity index (χ1n) is 11.9. The third-order valence-corrected chi connectivity index (χ3v) is 7.85. The Balaban J connectivity index is 0.000000363. The van der Waals surface area contributed by atoms with Crippen LogP contribution in [0.1, 0.15) is 151 Å². The highest BCUT2D eigenvalue weighted by Crippen LogP contribution is 2.44. The molecule has 0 heteroatoms. The van der Waals surface area contributed by atoms with E-state index in [9.17, 15) is 0 Å². The highest BCUT2D eigenvalue weighted by molar-refractivity contribution is 4.82. The van der Waals surface area contributed by atoms with E-state index < -0.39 is 0 Å². The molecule has 5 rings (SSSR count). The van der Waals surface area contributed by atoms with Crippen molar-refractivity contribution in [3.8, 4) is 0 Å². The Morgan fingerprint density at radius 1 is 0.296 bits per heavy atom. The van der Waals surface area contributed by atoms with Crippen LogP contribution < -0.4 is 0 Å². The van der Waals surface area contributed by atoms with Crippen molar-refractivity contribution in [2.75, 3.05) is 0 Å². The summed E-state index contributed by atoms with van der Waals surface area (Å²) in [7, 11) is 0. The average Bonchev–Trinajstić information content (AvgIpc) is 3.19. The van der Waals surface area contributed by atoms with Gasteiger partial charge in [-0.05, 0) is 30.1 Å². The van der Waals surface area contributed by atoms with Crippen LogP contribution in [0.25, 0.3) is 0 Å². The second-order valence-corrected chi connectivity index (χ2v) is 9.69. The lowest BCUT2D eigenvalue weighted by molar-refractivity contribution is 0.171. The molecule has 5 aliphatic carbocycles. The zero-order valence-electron chi connectivity index (χ0n) is 16.5. The molecule has 0 aromatic rings. The van der Waals surface area contributed by atoms with E-state index in [2.05, 4.69) is 0 Å². The molecule has 2 bridgehead atoms. The van der Waals surface area contributed by atoms with Gasteiger partial charge in [-0.15, -0.1) is 0 Å². The molecule has 0 saturated heterocycles. The van der Waals surface area contributed by atoms with E-state index in [-0.39, 0.29) is 22.3 Å². The Kier molecular flexibility index (Phi) is 15.9. The zero-order valence-corrected chi connectivity index (χ0v) is 16.5. The largest absolute Gasteiger partial charge is 0.0776 e. The third-order valence-electron chi connectivity index (χ3n) is 7.85. The van der Waals surface area contributed by atoms with Gasteiger partial charge in [0.1, 0.15) is 0 Å². The minimum Gasteiger partial charge on any atom is -0.0776 e. The summed E-state index contributed by atoms with van der Waals surface area (Å²) in [6, 6.07) is 0. The Morgan fingerprint density at radius 3 is 0.741 bits per heavy atom. The Labute approximate surface area is 174 Å². The topological polar surface area (TPSA) is 0 Å². The van der Waals surface area contributed by atoms with Crippen LogP contribution in [0.3, 0.4) is 0 Å². The van der Waals surface area contributed by atoms with Gasteiger partial charge in [0.25, 0.3) is 0 Å². The highest BCUT2D eigenvalue weighted by atomic mass is 14.4. The molecule has 0 radical (unpaired) electrons. The van der Waals surface area contributed by atoms with Crippen LogP contribution in [0.15, 0.2) is 0 Å². The summed E-state index contributed by atoms with van der Waals surface area (Å²) in [6.07, 6.45) is 30.7. The van der Waals surface area contributed by atoms with Crippen LogP contribution in [0.2, 0.25) is 0 Å². The number of hydrogen-bond acceptors (Lipinski definition) is 0. The lowest BCUT2D eigenvalue weighted by atomic mass is 9.71. The fourth-order valence-electron chi connectivity index (χ4n) is 6.27. The summed E-state index contributed by atoms with van der Waals surface area (Å²) >= 11 is 0. The van der Waals surface area contributed by atoms with E-state index in [4.69, 9.17) is 0 Å². The number of hydrogen-bond donors (Lipinski definition) is 0. The van der Waals surface area contributed by atoms with Gasteiger partial charge in [0.05, 0.1) is 0 Å². The molecular weight excluding hydrogens is 324 g/mol. The molecule has 0 atom stereocenters. The monoisotopic (exact) mass is 380 g/mol. The molecule has 5 fully saturated rings. The maximum atomic E-state index is 1.58. The SMILES string of the molecule is C.C.C.C1CC2CCC1C2.C1CCC2CCCCC2C1.C1CCCCCC1. The molecule has 5 saturated carbocycles. The molecule has 0 nitrogen and oxygen atoms in total. The summed E-state index contributed by atoms with van der Waals surface area (Å²) < 4.78 is 0. The summed E-state index contributed by atoms with van der Waals surface area (Å²) in [5.74, 6) is 4.65. The molecule has 164 valence electrons. The van der Waals surface area contributed by atoms with Crippen LogP contribution in [-0.2, 0) is 0 Å². The maximum Gasteiger partial charge on any atom is -0.0386 e. The number of rotatable bonds is 0. The van der Waals surface area contributed by atoms with Crippen molar-refractivity contribution in [1.29, 1.82) is 0 Å². The fourth-order valence-corrected chi connectivity index (χ4v) is 6.27. The van der Waals surface area contributed by atoms with Crippen LogP contribution >= 0.6 is 0 Å². The van der Waals surface area contributed by atoms with Crippen LogP contribution in [-0.4, -0.2) is 0 Å². The molecular formula is C27H56. The summed E-state index contributed by atoms with van der Waals surface area (Å²) in [6.45, 7) is 0. The predicted molar refractivity (Wildman–Crippen MR) is 126 cm³/mol. The fraction of sp³-hybridized carbons (Fsp3) is 1.00. The van der Waals surface area contributed by atoms with Gasteiger partial charge < -0.3 is 0 Å². The summed E-state index contributed by atoms with van der Waals surface area (Å²) in [4.78, 5) is 0. The molecule has 0 amide bonds. The van der Waals surface area contributed by atoms with Gasteiger partial charge in [-0.25, -0.2) is 0 Å². The first-order chi connectivity index (χ1) is 11.9. The van der Waals surface area contributed by atoms with Gasteiger partial charge in [-0.2, -0.15) is 0 Å². The van der Waals surface area contributed by atoms with Gasteiger partial charge in [0.15, 0.2) is 0 Å². The average molecular weight is 381 g/mol. The molecule has 0 unspecified atom stereocenters. The second-order valence-electron chi connectivity index (χ2n) is 9.69. The minimum absolute atomic E-state index is 0. The standard InChI is InChI=1S/C10H18.C7H12.C7H14.3CH4/c1-2-6-10-8-4-3-7-9(10)5-1;1-2-7-4-3-6(1)5-7;1-2-4-6-7-5-3-1;;;/h9-10H,1-8H2;6-7H,1-5H2;1-7H2;3*1H4. The predicted octanol–water partition coefficient (Wildman–Crippen LogP) is 10.2. The van der Waals surface area contributed by atoms with Gasteiger partial charge in [-0.1, -0.05) is 144 Å². The molecule has 5 aliphatic rings. The van der Waals surface area contributed by atoms with Crippen molar-refractivity contribution >= 4 is 0 Å². The van der Waals surface area contributed by atoms with E-state index in [0.29, 0.717) is 0 Å². The van der Waals surface area contributed by atoms with Crippen molar-refractivity contribution in [3.63, 3.8) is 0 Å². The normalized spacial score (nSPS) is 33.8. The Bertz CT molecular complexity index is 256. The first kappa shape index (κ1) is 27.0. The smallest absolute Gasteiger partial charge is 0.0386 e. The van der Waals surface area contributed by atoms with Crippen LogP contribution in [0, 0.1) is 23.7 Å². The molecule has 0 heterocycles. The van der Waals surface area contributed by atoms with Gasteiger partial charge in [0, 0.05) is 0 Å². The van der Waals surface area contributed by atoms with Crippen molar-refractivity contribution in [2.24, 2.45) is 23.7 Å². The Morgan fingerprint density at radius 2 is 0.556 bits per heavy atom. The summed E-state index contributed by atoms with van der Waals surface area (Å²) in [5, 5.41) is 0. The van der Waals surface area contributed by atoms with E-state index in [0.717, 1.165) is 11.8 Å². The van der Waals surface area contributed by atoms with E-state index in [1.165, 1.54) is 82.5 Å². The van der Waals surface area contributed by atoms with Crippen molar-refractivity contribution in [1.82, 2.24) is 0 Å². The number of fused-ring (bicyclic) bond motifs is 3. The van der Waals surface area contributed by atoms with Gasteiger partial charge >= 0.3 is 0 Å². The molecule has 0 spiro atoms. The lowest BCUT2D eigenvalue weighted by Crippen LogP contribution is -2.22. The summed E-state index contributed by atoms with van der Waals surface area (Å²) in [5.41, 5.74) is 0. The Hall–Kier alpha value is 0. The zero-order chi connectivity index (χ0) is 16.5. The maximum absolute atomic E-state index is 1.58. The van der Waals surface area contributed by atoms with E-state index in [1.54, 1.807) is 57.8 Å². The van der Waals surface area contributed by atoms with Crippen LogP contribution in [0.5, 0.6) is 0 Å². The first-order valence-corrected chi connectivity index (χ1v) is 11.9. The minimum atomic E-state index is 0. The van der Waals surface area contributed by atoms with Crippen molar-refractivity contribution < 1.29 is 0 Å². The molecule has 0 N–H and O–H groups in total. The van der Waals surface area contributed by atoms with Crippen LogP contribution in [0.4, 0.5) is 0 Å². The van der Waals surface area contributed by atoms with E-state index in [1.807, 2.05) is 0 Å². The quantitative estimate of drug-likeness (QED) is 0.366. The highest BCUT2D eigenvalue weighted by Gasteiger charge is 2.30. The van der Waals surface area contributed by atoms with E-state index >= 15 is 0 Å². The second kappa shape index (κ2) is 15.9. The molecule has 27 heavy (non-hydrogen) atoms. The van der Waals surface area contributed by atoms with Crippen molar-refractivity contribution in [3.05, 3.63) is 0 Å². The van der Waals surface area contributed by atoms with Crippen molar-refractivity contribution in [2.45, 2.75) is 151 Å². The van der Waals surface area contributed by atoms with Gasteiger partial charge in [0.2, 0.25) is 0 Å². The third kappa shape index (κ3) is 9.85. The molecule has 0 aromatic heterocycles. The lowest BCUT2D eigenvalue weighted by Gasteiger charge is -2.35. The molecule has 0 aliphatic heterocycles. The molecule has 0 aromatic carbocycles.